The second-order valence-electron chi connectivity index (χ2n) is 8.92. The minimum atomic E-state index is -1.12. The predicted molar refractivity (Wildman–Crippen MR) is 119 cm³/mol. The Hall–Kier alpha value is -3.35. The van der Waals surface area contributed by atoms with Gasteiger partial charge in [-0.25, -0.2) is 9.59 Å². The minimum absolute atomic E-state index is 0.0725. The lowest BCUT2D eigenvalue weighted by Crippen LogP contribution is -2.65. The van der Waals surface area contributed by atoms with Crippen LogP contribution in [0.4, 0.5) is 4.79 Å². The molecule has 3 N–H and O–H groups in total. The lowest BCUT2D eigenvalue weighted by atomic mass is 9.75. The molecule has 0 bridgehead atoms. The van der Waals surface area contributed by atoms with Gasteiger partial charge in [-0.3, -0.25) is 4.79 Å². The van der Waals surface area contributed by atoms with Gasteiger partial charge in [-0.15, -0.1) is 0 Å². The third-order valence-corrected chi connectivity index (χ3v) is 6.55. The molecule has 2 aromatic carbocycles. The molecule has 0 radical (unpaired) electrons. The van der Waals surface area contributed by atoms with Crippen molar-refractivity contribution in [1.29, 1.82) is 0 Å². The Morgan fingerprint density at radius 3 is 2.06 bits per heavy atom. The molecule has 4 rings (SSSR count). The zero-order chi connectivity index (χ0) is 22.9. The number of hydrogen-bond donors (Lipinski definition) is 3. The molecule has 1 fully saturated rings. The number of fused-ring (bicyclic) bond motifs is 3. The molecule has 0 heterocycles. The van der Waals surface area contributed by atoms with Crippen LogP contribution in [0.1, 0.15) is 50.2 Å². The SMILES string of the molecule is CC(C)[C@@H](NC(=O)C1(NC(=O)OCC2c3ccccc3-c3ccccc32)CCC1)C(=O)O. The second kappa shape index (κ2) is 8.65. The third-order valence-electron chi connectivity index (χ3n) is 6.55. The summed E-state index contributed by atoms with van der Waals surface area (Å²) in [6.45, 7) is 3.61. The van der Waals surface area contributed by atoms with Gasteiger partial charge in [-0.2, -0.15) is 0 Å². The number of benzene rings is 2. The lowest BCUT2D eigenvalue weighted by Gasteiger charge is -2.41. The molecular weight excluding hydrogens is 408 g/mol. The maximum Gasteiger partial charge on any atom is 0.408 e. The fourth-order valence-electron chi connectivity index (χ4n) is 4.56. The molecule has 0 unspecified atom stereocenters. The van der Waals surface area contributed by atoms with Gasteiger partial charge in [-0.1, -0.05) is 62.4 Å². The van der Waals surface area contributed by atoms with E-state index >= 15 is 0 Å². The fourth-order valence-corrected chi connectivity index (χ4v) is 4.56. The summed E-state index contributed by atoms with van der Waals surface area (Å²) in [4.78, 5) is 37.0. The first-order chi connectivity index (χ1) is 15.3. The van der Waals surface area contributed by atoms with Crippen LogP contribution in [0.25, 0.3) is 11.1 Å². The topological polar surface area (TPSA) is 105 Å². The van der Waals surface area contributed by atoms with Crippen molar-refractivity contribution in [2.75, 3.05) is 6.61 Å². The molecule has 2 aromatic rings. The Balaban J connectivity index is 1.42. The van der Waals surface area contributed by atoms with E-state index in [2.05, 4.69) is 22.8 Å². The molecule has 0 aliphatic heterocycles. The molecule has 168 valence electrons. The number of carbonyl (C=O) groups is 3. The Kier molecular flexibility index (Phi) is 5.91. The summed E-state index contributed by atoms with van der Waals surface area (Å²) in [5.74, 6) is -1.91. The molecule has 2 aliphatic carbocycles. The normalized spacial score (nSPS) is 17.0. The second-order valence-corrected chi connectivity index (χ2v) is 8.92. The van der Waals surface area contributed by atoms with Crippen LogP contribution in [0.15, 0.2) is 48.5 Å². The Morgan fingerprint density at radius 1 is 1.03 bits per heavy atom. The number of aliphatic carboxylic acids is 1. The van der Waals surface area contributed by atoms with Crippen LogP contribution in [0.2, 0.25) is 0 Å². The smallest absolute Gasteiger partial charge is 0.408 e. The molecule has 0 aromatic heterocycles. The summed E-state index contributed by atoms with van der Waals surface area (Å²) >= 11 is 0. The van der Waals surface area contributed by atoms with E-state index in [1.807, 2.05) is 36.4 Å². The fraction of sp³-hybridized carbons (Fsp3) is 0.400. The largest absolute Gasteiger partial charge is 0.480 e. The van der Waals surface area contributed by atoms with Crippen LogP contribution in [-0.4, -0.2) is 41.3 Å². The highest BCUT2D eigenvalue weighted by Gasteiger charge is 2.47. The first-order valence-electron chi connectivity index (χ1n) is 11.0. The first kappa shape index (κ1) is 21.9. The summed E-state index contributed by atoms with van der Waals surface area (Å²) in [5, 5.41) is 14.7. The molecule has 0 spiro atoms. The highest BCUT2D eigenvalue weighted by Crippen LogP contribution is 2.44. The zero-order valence-corrected chi connectivity index (χ0v) is 18.3. The summed E-state index contributed by atoms with van der Waals surface area (Å²) < 4.78 is 5.57. The number of amides is 2. The molecule has 7 heteroatoms. The molecule has 0 saturated heterocycles. The Bertz CT molecular complexity index is 999. The number of carboxylic acids is 1. The van der Waals surface area contributed by atoms with Gasteiger partial charge in [0.1, 0.15) is 18.2 Å². The van der Waals surface area contributed by atoms with E-state index in [4.69, 9.17) is 4.74 Å². The quantitative estimate of drug-likeness (QED) is 0.614. The summed E-state index contributed by atoms with van der Waals surface area (Å²) in [6.07, 6.45) is 1.01. The van der Waals surface area contributed by atoms with E-state index in [1.54, 1.807) is 13.8 Å². The summed E-state index contributed by atoms with van der Waals surface area (Å²) in [5.41, 5.74) is 3.38. The van der Waals surface area contributed by atoms with Gasteiger partial charge in [0, 0.05) is 5.92 Å². The van der Waals surface area contributed by atoms with E-state index in [1.165, 1.54) is 0 Å². The number of alkyl carbamates (subject to hydrolysis) is 1. The maximum absolute atomic E-state index is 12.8. The minimum Gasteiger partial charge on any atom is -0.480 e. The van der Waals surface area contributed by atoms with Gasteiger partial charge >= 0.3 is 12.1 Å². The van der Waals surface area contributed by atoms with Gasteiger partial charge in [-0.05, 0) is 47.4 Å². The molecular formula is C25H28N2O5. The number of rotatable bonds is 7. The number of carboxylic acid groups (broad SMARTS) is 1. The third kappa shape index (κ3) is 3.95. The van der Waals surface area contributed by atoms with Crippen LogP contribution in [0, 0.1) is 5.92 Å². The number of nitrogens with one attached hydrogen (secondary N) is 2. The van der Waals surface area contributed by atoms with Gasteiger partial charge < -0.3 is 20.5 Å². The molecule has 2 aliphatic rings. The zero-order valence-electron chi connectivity index (χ0n) is 18.3. The van der Waals surface area contributed by atoms with Crippen LogP contribution >= 0.6 is 0 Å². The van der Waals surface area contributed by atoms with Crippen LogP contribution < -0.4 is 10.6 Å². The molecule has 32 heavy (non-hydrogen) atoms. The van der Waals surface area contributed by atoms with Gasteiger partial charge in [0.05, 0.1) is 0 Å². The average molecular weight is 437 g/mol. The van der Waals surface area contributed by atoms with Crippen molar-refractivity contribution >= 4 is 18.0 Å². The predicted octanol–water partition coefficient (Wildman–Crippen LogP) is 3.67. The van der Waals surface area contributed by atoms with E-state index in [-0.39, 0.29) is 18.4 Å². The molecule has 7 nitrogen and oxygen atoms in total. The van der Waals surface area contributed by atoms with Crippen LogP contribution in [-0.2, 0) is 14.3 Å². The molecule has 1 saturated carbocycles. The Morgan fingerprint density at radius 2 is 1.59 bits per heavy atom. The van der Waals surface area contributed by atoms with Gasteiger partial charge in [0.2, 0.25) is 5.91 Å². The molecule has 1 atom stereocenters. The number of hydrogen-bond acceptors (Lipinski definition) is 4. The highest BCUT2D eigenvalue weighted by atomic mass is 16.5. The monoisotopic (exact) mass is 436 g/mol. The van der Waals surface area contributed by atoms with Crippen molar-refractivity contribution < 1.29 is 24.2 Å². The van der Waals surface area contributed by atoms with E-state index in [9.17, 15) is 19.5 Å². The standard InChI is InChI=1S/C25H28N2O5/c1-15(2)21(22(28)29)26-23(30)25(12-7-13-25)27-24(31)32-14-20-18-10-5-3-8-16(18)17-9-4-6-11-19(17)20/h3-6,8-11,15,20-21H,7,12-14H2,1-2H3,(H,26,30)(H,27,31)(H,28,29)/t21-/m1/s1. The van der Waals surface area contributed by atoms with Crippen LogP contribution in [0.3, 0.4) is 0 Å². The van der Waals surface area contributed by atoms with Crippen molar-refractivity contribution in [3.05, 3.63) is 59.7 Å². The lowest BCUT2D eigenvalue weighted by molar-refractivity contribution is -0.145. The van der Waals surface area contributed by atoms with Crippen LogP contribution in [0.5, 0.6) is 0 Å². The van der Waals surface area contributed by atoms with Gasteiger partial charge in [0.15, 0.2) is 0 Å². The van der Waals surface area contributed by atoms with Gasteiger partial charge in [0.25, 0.3) is 0 Å². The number of ether oxygens (including phenoxy) is 1. The highest BCUT2D eigenvalue weighted by molar-refractivity contribution is 5.93. The molecule has 2 amide bonds. The summed E-state index contributed by atoms with van der Waals surface area (Å²) in [7, 11) is 0. The summed E-state index contributed by atoms with van der Waals surface area (Å²) in [6, 6.07) is 15.1. The first-order valence-corrected chi connectivity index (χ1v) is 11.0. The van der Waals surface area contributed by atoms with Crippen molar-refractivity contribution in [2.45, 2.75) is 50.6 Å². The van der Waals surface area contributed by atoms with Crippen molar-refractivity contribution in [2.24, 2.45) is 5.92 Å². The van der Waals surface area contributed by atoms with Crippen molar-refractivity contribution in [3.63, 3.8) is 0 Å². The van der Waals surface area contributed by atoms with Crippen molar-refractivity contribution in [1.82, 2.24) is 10.6 Å². The average Bonchev–Trinajstić information content (AvgIpc) is 3.06. The number of carbonyl (C=O) groups excluding carboxylic acids is 2. The maximum atomic E-state index is 12.8. The van der Waals surface area contributed by atoms with E-state index in [0.717, 1.165) is 28.7 Å². The Labute approximate surface area is 187 Å². The van der Waals surface area contributed by atoms with Crippen molar-refractivity contribution in [3.8, 4) is 11.1 Å². The van der Waals surface area contributed by atoms with E-state index in [0.29, 0.717) is 12.8 Å². The van der Waals surface area contributed by atoms with E-state index < -0.39 is 29.6 Å².